The summed E-state index contributed by atoms with van der Waals surface area (Å²) in [6.45, 7) is 2.18. The first-order chi connectivity index (χ1) is 10.2. The molecule has 0 aromatic heterocycles. The predicted molar refractivity (Wildman–Crippen MR) is 81.8 cm³/mol. The Morgan fingerprint density at radius 2 is 1.90 bits per heavy atom. The molecule has 1 saturated carbocycles. The van der Waals surface area contributed by atoms with Gasteiger partial charge in [0.15, 0.2) is 11.5 Å². The minimum atomic E-state index is -0.296. The Labute approximate surface area is 126 Å². The minimum absolute atomic E-state index is 0.0826. The highest BCUT2D eigenvalue weighted by atomic mass is 16.5. The Bertz CT molecular complexity index is 487. The van der Waals surface area contributed by atoms with Crippen molar-refractivity contribution in [3.05, 3.63) is 23.8 Å². The van der Waals surface area contributed by atoms with E-state index < -0.39 is 0 Å². The van der Waals surface area contributed by atoms with Gasteiger partial charge in [-0.2, -0.15) is 0 Å². The second-order valence-electron chi connectivity index (χ2n) is 6.21. The molecule has 1 N–H and O–H groups in total. The van der Waals surface area contributed by atoms with E-state index in [0.29, 0.717) is 0 Å². The quantitative estimate of drug-likeness (QED) is 0.905. The third kappa shape index (κ3) is 3.16. The first-order valence-electron chi connectivity index (χ1n) is 7.87. The van der Waals surface area contributed by atoms with Gasteiger partial charge in [0.2, 0.25) is 0 Å². The Morgan fingerprint density at radius 3 is 2.57 bits per heavy atom. The zero-order chi connectivity index (χ0) is 14.8. The highest BCUT2D eigenvalue weighted by molar-refractivity contribution is 5.44. The molecule has 1 aromatic rings. The standard InChI is InChI=1S/C17H25NO3/c1-20-15-8-7-13(10-16(15)21-2)17-14(19)4-3-9-18(17)11-12-5-6-12/h7-8,10,12,14,17,19H,3-6,9,11H2,1-2H3. The van der Waals surface area contributed by atoms with E-state index >= 15 is 0 Å². The topological polar surface area (TPSA) is 41.9 Å². The Hall–Kier alpha value is -1.26. The van der Waals surface area contributed by atoms with E-state index in [1.165, 1.54) is 12.8 Å². The van der Waals surface area contributed by atoms with Gasteiger partial charge < -0.3 is 14.6 Å². The fourth-order valence-electron chi connectivity index (χ4n) is 3.35. The van der Waals surface area contributed by atoms with Gasteiger partial charge in [0.1, 0.15) is 0 Å². The van der Waals surface area contributed by atoms with Gasteiger partial charge in [0.25, 0.3) is 0 Å². The molecule has 3 rings (SSSR count). The lowest BCUT2D eigenvalue weighted by molar-refractivity contribution is 0.00726. The maximum atomic E-state index is 10.5. The second kappa shape index (κ2) is 6.24. The van der Waals surface area contributed by atoms with E-state index in [1.54, 1.807) is 14.2 Å². The van der Waals surface area contributed by atoms with Crippen molar-refractivity contribution >= 4 is 0 Å². The number of benzene rings is 1. The molecule has 0 amide bonds. The van der Waals surface area contributed by atoms with Crippen molar-refractivity contribution in [3.63, 3.8) is 0 Å². The van der Waals surface area contributed by atoms with Crippen LogP contribution in [0.15, 0.2) is 18.2 Å². The van der Waals surface area contributed by atoms with E-state index in [9.17, 15) is 5.11 Å². The van der Waals surface area contributed by atoms with Crippen LogP contribution in [-0.4, -0.2) is 43.4 Å². The van der Waals surface area contributed by atoms with Crippen molar-refractivity contribution in [1.29, 1.82) is 0 Å². The summed E-state index contributed by atoms with van der Waals surface area (Å²) in [5, 5.41) is 10.5. The summed E-state index contributed by atoms with van der Waals surface area (Å²) in [6, 6.07) is 6.09. The van der Waals surface area contributed by atoms with Crippen molar-refractivity contribution in [2.45, 2.75) is 37.8 Å². The number of nitrogens with zero attached hydrogens (tertiary/aromatic N) is 1. The Kier molecular flexibility index (Phi) is 4.36. The van der Waals surface area contributed by atoms with E-state index in [0.717, 1.165) is 48.9 Å². The van der Waals surface area contributed by atoms with E-state index in [4.69, 9.17) is 9.47 Å². The third-order valence-corrected chi connectivity index (χ3v) is 4.64. The van der Waals surface area contributed by atoms with E-state index in [-0.39, 0.29) is 12.1 Å². The second-order valence-corrected chi connectivity index (χ2v) is 6.21. The molecule has 2 atom stereocenters. The summed E-state index contributed by atoms with van der Waals surface area (Å²) in [5.74, 6) is 2.30. The van der Waals surface area contributed by atoms with E-state index in [2.05, 4.69) is 11.0 Å². The summed E-state index contributed by atoms with van der Waals surface area (Å²) in [4.78, 5) is 2.45. The van der Waals surface area contributed by atoms with Crippen molar-refractivity contribution < 1.29 is 14.6 Å². The lowest BCUT2D eigenvalue weighted by atomic mass is 9.92. The fraction of sp³-hybridized carbons (Fsp3) is 0.647. The summed E-state index contributed by atoms with van der Waals surface area (Å²) in [5.41, 5.74) is 1.13. The van der Waals surface area contributed by atoms with Gasteiger partial charge in [0, 0.05) is 6.54 Å². The number of hydrogen-bond acceptors (Lipinski definition) is 4. The molecule has 1 aliphatic heterocycles. The van der Waals surface area contributed by atoms with Gasteiger partial charge in [0.05, 0.1) is 26.4 Å². The van der Waals surface area contributed by atoms with Crippen molar-refractivity contribution in [2.75, 3.05) is 27.3 Å². The zero-order valence-corrected chi connectivity index (χ0v) is 12.9. The van der Waals surface area contributed by atoms with Crippen molar-refractivity contribution in [2.24, 2.45) is 5.92 Å². The normalized spacial score (nSPS) is 26.6. The van der Waals surface area contributed by atoms with Crippen LogP contribution in [0.4, 0.5) is 0 Å². The van der Waals surface area contributed by atoms with Crippen LogP contribution in [0.25, 0.3) is 0 Å². The highest BCUT2D eigenvalue weighted by Gasteiger charge is 2.35. The number of aliphatic hydroxyl groups excluding tert-OH is 1. The molecule has 1 aromatic carbocycles. The SMILES string of the molecule is COc1ccc(C2C(O)CCCN2CC2CC2)cc1OC. The molecule has 0 radical (unpaired) electrons. The number of ether oxygens (including phenoxy) is 2. The molecule has 2 aliphatic rings. The van der Waals surface area contributed by atoms with Gasteiger partial charge in [-0.1, -0.05) is 6.07 Å². The smallest absolute Gasteiger partial charge is 0.161 e. The van der Waals surface area contributed by atoms with Gasteiger partial charge in [-0.25, -0.2) is 0 Å². The summed E-state index contributed by atoms with van der Waals surface area (Å²) >= 11 is 0. The van der Waals surface area contributed by atoms with Crippen LogP contribution < -0.4 is 9.47 Å². The van der Waals surface area contributed by atoms with Crippen LogP contribution in [0.5, 0.6) is 11.5 Å². The molecular weight excluding hydrogens is 266 g/mol. The predicted octanol–water partition coefficient (Wildman–Crippen LogP) is 2.61. The molecule has 1 aliphatic carbocycles. The maximum Gasteiger partial charge on any atom is 0.161 e. The van der Waals surface area contributed by atoms with Gasteiger partial charge >= 0.3 is 0 Å². The Balaban J connectivity index is 1.86. The average Bonchev–Trinajstić information content (AvgIpc) is 3.31. The minimum Gasteiger partial charge on any atom is -0.493 e. The first-order valence-corrected chi connectivity index (χ1v) is 7.87. The molecule has 4 heteroatoms. The Morgan fingerprint density at radius 1 is 1.14 bits per heavy atom. The van der Waals surface area contributed by atoms with Crippen LogP contribution in [0.3, 0.4) is 0 Å². The van der Waals surface area contributed by atoms with Crippen molar-refractivity contribution in [3.8, 4) is 11.5 Å². The van der Waals surface area contributed by atoms with Crippen LogP contribution in [-0.2, 0) is 0 Å². The molecule has 2 unspecified atom stereocenters. The molecule has 2 fully saturated rings. The van der Waals surface area contributed by atoms with Crippen molar-refractivity contribution in [1.82, 2.24) is 4.90 Å². The number of aliphatic hydroxyl groups is 1. The maximum absolute atomic E-state index is 10.5. The molecule has 1 heterocycles. The molecule has 21 heavy (non-hydrogen) atoms. The summed E-state index contributed by atoms with van der Waals surface area (Å²) in [7, 11) is 3.30. The number of hydrogen-bond donors (Lipinski definition) is 1. The van der Waals surface area contributed by atoms with Crippen LogP contribution in [0.2, 0.25) is 0 Å². The van der Waals surface area contributed by atoms with Gasteiger partial charge in [-0.05, 0) is 55.8 Å². The monoisotopic (exact) mass is 291 g/mol. The lowest BCUT2D eigenvalue weighted by Gasteiger charge is -2.39. The number of methoxy groups -OCH3 is 2. The molecular formula is C17H25NO3. The molecule has 0 spiro atoms. The highest BCUT2D eigenvalue weighted by Crippen LogP contribution is 2.39. The molecule has 1 saturated heterocycles. The molecule has 4 nitrogen and oxygen atoms in total. The fourth-order valence-corrected chi connectivity index (χ4v) is 3.35. The average molecular weight is 291 g/mol. The molecule has 116 valence electrons. The van der Waals surface area contributed by atoms with E-state index in [1.807, 2.05) is 12.1 Å². The molecule has 0 bridgehead atoms. The number of piperidine rings is 1. The van der Waals surface area contributed by atoms with Gasteiger partial charge in [-0.3, -0.25) is 4.90 Å². The third-order valence-electron chi connectivity index (χ3n) is 4.64. The largest absolute Gasteiger partial charge is 0.493 e. The summed E-state index contributed by atoms with van der Waals surface area (Å²) in [6.07, 6.45) is 4.34. The van der Waals surface area contributed by atoms with Crippen LogP contribution in [0, 0.1) is 5.92 Å². The first kappa shape index (κ1) is 14.7. The summed E-state index contributed by atoms with van der Waals surface area (Å²) < 4.78 is 10.7. The lowest BCUT2D eigenvalue weighted by Crippen LogP contribution is -2.42. The zero-order valence-electron chi connectivity index (χ0n) is 12.9. The van der Waals surface area contributed by atoms with Crippen LogP contribution in [0.1, 0.15) is 37.3 Å². The number of rotatable bonds is 5. The number of likely N-dealkylation sites (tertiary alicyclic amines) is 1. The van der Waals surface area contributed by atoms with Gasteiger partial charge in [-0.15, -0.1) is 0 Å². The van der Waals surface area contributed by atoms with Crippen LogP contribution >= 0.6 is 0 Å².